The molecule has 0 aliphatic rings. The summed E-state index contributed by atoms with van der Waals surface area (Å²) >= 11 is 6.50. The number of ketones is 1. The van der Waals surface area contributed by atoms with Crippen LogP contribution in [-0.4, -0.2) is 43.3 Å². The third-order valence-electron chi connectivity index (χ3n) is 5.04. The predicted octanol–water partition coefficient (Wildman–Crippen LogP) is 3.96. The molecule has 0 spiro atoms. The molecule has 0 N–H and O–H groups in total. The average Bonchev–Trinajstić information content (AvgIpc) is 3.24. The van der Waals surface area contributed by atoms with Gasteiger partial charge in [0.25, 0.3) is 0 Å². The van der Waals surface area contributed by atoms with Crippen LogP contribution in [0.15, 0.2) is 60.1 Å². The highest BCUT2D eigenvalue weighted by molar-refractivity contribution is 7.90. The van der Waals surface area contributed by atoms with Gasteiger partial charge in [0, 0.05) is 23.9 Å². The SMILES string of the molecule is C=C(C(=O)OC)c1c(S(C)(=O)=O)ccc(C(=O)c2cnn(CC)c2OCc2ccccc2)c1Cl. The third kappa shape index (κ3) is 5.05. The molecule has 34 heavy (non-hydrogen) atoms. The Morgan fingerprint density at radius 2 is 1.79 bits per heavy atom. The van der Waals surface area contributed by atoms with Gasteiger partial charge in [0.05, 0.1) is 28.8 Å². The molecule has 0 radical (unpaired) electrons. The minimum atomic E-state index is -3.80. The normalized spacial score (nSPS) is 11.2. The van der Waals surface area contributed by atoms with E-state index in [-0.39, 0.29) is 44.7 Å². The van der Waals surface area contributed by atoms with E-state index in [4.69, 9.17) is 16.3 Å². The number of aryl methyl sites for hydroxylation is 1. The van der Waals surface area contributed by atoms with Crippen molar-refractivity contribution in [1.82, 2.24) is 9.78 Å². The van der Waals surface area contributed by atoms with E-state index in [1.54, 1.807) is 0 Å². The summed E-state index contributed by atoms with van der Waals surface area (Å²) in [6.45, 7) is 6.13. The van der Waals surface area contributed by atoms with E-state index in [0.717, 1.165) is 18.9 Å². The second-order valence-electron chi connectivity index (χ2n) is 7.33. The van der Waals surface area contributed by atoms with Crippen molar-refractivity contribution >= 4 is 38.8 Å². The van der Waals surface area contributed by atoms with Gasteiger partial charge in [0.1, 0.15) is 12.2 Å². The lowest BCUT2D eigenvalue weighted by molar-refractivity contribution is -0.133. The third-order valence-corrected chi connectivity index (χ3v) is 6.57. The quantitative estimate of drug-likeness (QED) is 0.248. The van der Waals surface area contributed by atoms with Crippen LogP contribution in [0.2, 0.25) is 5.02 Å². The number of esters is 1. The van der Waals surface area contributed by atoms with E-state index in [9.17, 15) is 18.0 Å². The molecule has 0 unspecified atom stereocenters. The van der Waals surface area contributed by atoms with Crippen LogP contribution in [0.3, 0.4) is 0 Å². The lowest BCUT2D eigenvalue weighted by atomic mass is 9.99. The number of hydrogen-bond donors (Lipinski definition) is 0. The summed E-state index contributed by atoms with van der Waals surface area (Å²) in [7, 11) is -2.67. The topological polar surface area (TPSA) is 105 Å². The Labute approximate surface area is 202 Å². The van der Waals surface area contributed by atoms with Gasteiger partial charge in [-0.3, -0.25) is 4.79 Å². The lowest BCUT2D eigenvalue weighted by Gasteiger charge is -2.15. The van der Waals surface area contributed by atoms with Crippen molar-refractivity contribution in [2.24, 2.45) is 0 Å². The molecule has 178 valence electrons. The molecule has 0 atom stereocenters. The predicted molar refractivity (Wildman–Crippen MR) is 128 cm³/mol. The molecule has 10 heteroatoms. The number of ether oxygens (including phenoxy) is 2. The Kier molecular flexibility index (Phi) is 7.58. The molecule has 8 nitrogen and oxygen atoms in total. The van der Waals surface area contributed by atoms with Crippen LogP contribution in [0.5, 0.6) is 5.88 Å². The smallest absolute Gasteiger partial charge is 0.337 e. The molecule has 0 saturated carbocycles. The molecule has 0 fully saturated rings. The molecule has 0 amide bonds. The monoisotopic (exact) mass is 502 g/mol. The minimum absolute atomic E-state index is 0.0330. The number of carbonyl (C=O) groups is 2. The fourth-order valence-corrected chi connectivity index (χ4v) is 4.66. The standard InChI is InChI=1S/C24H23ClN2O6S/c1-5-27-23(33-14-16-9-7-6-8-10-16)18(13-26-27)22(28)17-11-12-19(34(4,30)31)20(21(17)25)15(2)24(29)32-3/h6-13H,2,5,14H2,1,3-4H3. The average molecular weight is 503 g/mol. The molecule has 1 heterocycles. The number of halogens is 1. The lowest BCUT2D eigenvalue weighted by Crippen LogP contribution is -2.13. The molecule has 3 aromatic rings. The van der Waals surface area contributed by atoms with Gasteiger partial charge in [0.2, 0.25) is 11.7 Å². The minimum Gasteiger partial charge on any atom is -0.472 e. The molecular weight excluding hydrogens is 480 g/mol. The number of sulfone groups is 1. The van der Waals surface area contributed by atoms with Crippen molar-refractivity contribution in [3.8, 4) is 5.88 Å². The summed E-state index contributed by atoms with van der Waals surface area (Å²) < 4.78 is 36.8. The number of aromatic nitrogens is 2. The van der Waals surface area contributed by atoms with Gasteiger partial charge in [-0.05, 0) is 24.6 Å². The van der Waals surface area contributed by atoms with Crippen molar-refractivity contribution in [2.45, 2.75) is 25.0 Å². The Balaban J connectivity index is 2.09. The van der Waals surface area contributed by atoms with Gasteiger partial charge in [0.15, 0.2) is 9.84 Å². The van der Waals surface area contributed by atoms with Gasteiger partial charge in [-0.25, -0.2) is 17.9 Å². The molecule has 0 aliphatic heterocycles. The number of rotatable bonds is 9. The van der Waals surface area contributed by atoms with Crippen molar-refractivity contribution in [2.75, 3.05) is 13.4 Å². The van der Waals surface area contributed by atoms with Gasteiger partial charge >= 0.3 is 5.97 Å². The number of hydrogen-bond acceptors (Lipinski definition) is 7. The van der Waals surface area contributed by atoms with Crippen molar-refractivity contribution in [3.05, 3.63) is 82.5 Å². The van der Waals surface area contributed by atoms with Crippen LogP contribution in [0.1, 0.15) is 34.0 Å². The highest BCUT2D eigenvalue weighted by atomic mass is 35.5. The molecule has 0 saturated heterocycles. The van der Waals surface area contributed by atoms with Gasteiger partial charge < -0.3 is 9.47 Å². The Morgan fingerprint density at radius 3 is 2.38 bits per heavy atom. The summed E-state index contributed by atoms with van der Waals surface area (Å²) in [5, 5.41) is 3.98. The first kappa shape index (κ1) is 25.2. The zero-order valence-corrected chi connectivity index (χ0v) is 20.4. The van der Waals surface area contributed by atoms with E-state index in [2.05, 4.69) is 16.4 Å². The maximum atomic E-state index is 13.5. The van der Waals surface area contributed by atoms with Gasteiger partial charge in [-0.15, -0.1) is 0 Å². The van der Waals surface area contributed by atoms with E-state index < -0.39 is 21.6 Å². The largest absolute Gasteiger partial charge is 0.472 e. The number of benzene rings is 2. The molecular formula is C24H23ClN2O6S. The second-order valence-corrected chi connectivity index (χ2v) is 9.69. The fourth-order valence-electron chi connectivity index (χ4n) is 3.33. The summed E-state index contributed by atoms with van der Waals surface area (Å²) in [6.07, 6.45) is 2.33. The first-order chi connectivity index (χ1) is 16.1. The highest BCUT2D eigenvalue weighted by Gasteiger charge is 2.29. The van der Waals surface area contributed by atoms with Crippen molar-refractivity contribution in [3.63, 3.8) is 0 Å². The number of nitrogens with zero attached hydrogens (tertiary/aromatic N) is 2. The van der Waals surface area contributed by atoms with Crippen LogP contribution in [-0.2, 0) is 32.5 Å². The van der Waals surface area contributed by atoms with E-state index in [1.165, 1.54) is 23.0 Å². The Morgan fingerprint density at radius 1 is 1.12 bits per heavy atom. The first-order valence-corrected chi connectivity index (χ1v) is 12.4. The zero-order valence-electron chi connectivity index (χ0n) is 18.9. The van der Waals surface area contributed by atoms with Crippen molar-refractivity contribution < 1.29 is 27.5 Å². The second kappa shape index (κ2) is 10.2. The number of carbonyl (C=O) groups excluding carboxylic acids is 2. The summed E-state index contributed by atoms with van der Waals surface area (Å²) in [5.74, 6) is -1.18. The summed E-state index contributed by atoms with van der Waals surface area (Å²) in [5.41, 5.74) is 0.539. The van der Waals surface area contributed by atoms with Gasteiger partial charge in [-0.1, -0.05) is 48.5 Å². The van der Waals surface area contributed by atoms with Crippen LogP contribution in [0.4, 0.5) is 0 Å². The first-order valence-electron chi connectivity index (χ1n) is 10.2. The molecule has 0 aliphatic carbocycles. The molecule has 1 aromatic heterocycles. The van der Waals surface area contributed by atoms with E-state index in [1.807, 2.05) is 37.3 Å². The summed E-state index contributed by atoms with van der Waals surface area (Å²) in [4.78, 5) is 25.4. The Bertz CT molecular complexity index is 1360. The summed E-state index contributed by atoms with van der Waals surface area (Å²) in [6, 6.07) is 11.9. The van der Waals surface area contributed by atoms with Crippen LogP contribution in [0, 0.1) is 0 Å². The van der Waals surface area contributed by atoms with E-state index >= 15 is 0 Å². The molecule has 3 rings (SSSR count). The number of methoxy groups -OCH3 is 1. The van der Waals surface area contributed by atoms with Crippen LogP contribution < -0.4 is 4.74 Å². The van der Waals surface area contributed by atoms with Crippen LogP contribution >= 0.6 is 11.6 Å². The fraction of sp³-hybridized carbons (Fsp3) is 0.208. The van der Waals surface area contributed by atoms with Crippen LogP contribution in [0.25, 0.3) is 5.57 Å². The molecule has 0 bridgehead atoms. The zero-order chi connectivity index (χ0) is 25.0. The van der Waals surface area contributed by atoms with Crippen molar-refractivity contribution in [1.29, 1.82) is 0 Å². The molecule has 2 aromatic carbocycles. The van der Waals surface area contributed by atoms with Gasteiger partial charge in [-0.2, -0.15) is 5.10 Å². The maximum absolute atomic E-state index is 13.5. The Hall–Kier alpha value is -3.43. The highest BCUT2D eigenvalue weighted by Crippen LogP contribution is 2.35. The maximum Gasteiger partial charge on any atom is 0.337 e. The van der Waals surface area contributed by atoms with E-state index in [0.29, 0.717) is 6.54 Å².